The summed E-state index contributed by atoms with van der Waals surface area (Å²) >= 11 is 0. The van der Waals surface area contributed by atoms with Gasteiger partial charge in [-0.2, -0.15) is 0 Å². The van der Waals surface area contributed by atoms with Crippen LogP contribution >= 0.6 is 0 Å². The van der Waals surface area contributed by atoms with Gasteiger partial charge in [-0.25, -0.2) is 17.6 Å². The molecular weight excluding hydrogens is 396 g/mol. The highest BCUT2D eigenvalue weighted by atomic mass is 19.3. The largest absolute Gasteiger partial charge is 0.466 e. The van der Waals surface area contributed by atoms with Gasteiger partial charge in [-0.15, -0.1) is 0 Å². The third kappa shape index (κ3) is 13.6. The number of esters is 2. The van der Waals surface area contributed by atoms with Crippen molar-refractivity contribution in [3.8, 4) is 0 Å². The van der Waals surface area contributed by atoms with Crippen LogP contribution in [-0.4, -0.2) is 50.1 Å². The summed E-state index contributed by atoms with van der Waals surface area (Å²) in [5.41, 5.74) is 5.79. The van der Waals surface area contributed by atoms with Crippen molar-refractivity contribution in [2.45, 2.75) is 58.2 Å². The zero-order chi connectivity index (χ0) is 22.2. The number of rotatable bonds is 11. The Hall–Kier alpha value is -2.20. The van der Waals surface area contributed by atoms with Crippen LogP contribution in [0.3, 0.4) is 0 Å². The first-order valence-electron chi connectivity index (χ1n) is 9.11. The summed E-state index contributed by atoms with van der Waals surface area (Å²) in [4.78, 5) is 21.7. The second-order valence-corrected chi connectivity index (χ2v) is 5.82. The molecule has 10 heteroatoms. The van der Waals surface area contributed by atoms with Crippen LogP contribution in [0, 0.1) is 0 Å². The molecule has 0 fully saturated rings. The van der Waals surface area contributed by atoms with E-state index in [1.165, 1.54) is 0 Å². The highest BCUT2D eigenvalue weighted by molar-refractivity contribution is 5.70. The maximum Gasteiger partial charge on any atom is 0.307 e. The second-order valence-electron chi connectivity index (χ2n) is 5.82. The van der Waals surface area contributed by atoms with Crippen LogP contribution in [0.15, 0.2) is 30.3 Å². The van der Waals surface area contributed by atoms with Crippen LogP contribution in [0.2, 0.25) is 0 Å². The van der Waals surface area contributed by atoms with E-state index in [2.05, 4.69) is 14.8 Å². The minimum absolute atomic E-state index is 0.189. The van der Waals surface area contributed by atoms with Crippen molar-refractivity contribution in [3.63, 3.8) is 0 Å². The number of carbonyl (C=O) groups is 2. The van der Waals surface area contributed by atoms with E-state index >= 15 is 0 Å². The predicted molar refractivity (Wildman–Crippen MR) is 99.6 cm³/mol. The molecule has 0 aromatic heterocycles. The summed E-state index contributed by atoms with van der Waals surface area (Å²) in [6.45, 7) is 3.94. The molecule has 0 aliphatic heterocycles. The van der Waals surface area contributed by atoms with E-state index in [0.717, 1.165) is 5.56 Å². The molecule has 2 atom stereocenters. The fourth-order valence-corrected chi connectivity index (χ4v) is 2.00. The Morgan fingerprint density at radius 3 is 1.90 bits per heavy atom. The average molecular weight is 424 g/mol. The van der Waals surface area contributed by atoms with Crippen molar-refractivity contribution in [1.29, 1.82) is 0 Å². The van der Waals surface area contributed by atoms with Gasteiger partial charge >= 0.3 is 11.9 Å². The maximum absolute atomic E-state index is 12.7. The zero-order valence-electron chi connectivity index (χ0n) is 16.5. The minimum atomic E-state index is -2.67. The Balaban J connectivity index is 0.000000614. The van der Waals surface area contributed by atoms with Crippen molar-refractivity contribution in [2.24, 2.45) is 5.73 Å². The molecule has 1 rings (SSSR count). The number of alkyl halides is 4. The molecule has 0 saturated heterocycles. The summed E-state index contributed by atoms with van der Waals surface area (Å²) in [6.07, 6.45) is -6.01. The van der Waals surface area contributed by atoms with E-state index in [1.807, 2.05) is 30.3 Å². The number of benzene rings is 1. The lowest BCUT2D eigenvalue weighted by molar-refractivity contribution is -0.145. The standard InChI is InChI=1S/C13H17F2NO2.C6H11F2NO2/c1-2-18-12(17)8-11(13(14)15)16-9-10-6-4-3-5-7-10;1-2-11-5(10)3-4(9)6(7)8/h3-7,11,13,16H,2,8-9H2,1H3;4,6H,2-3,9H2,1H3. The quantitative estimate of drug-likeness (QED) is 0.419. The summed E-state index contributed by atoms with van der Waals surface area (Å²) < 4.78 is 57.9. The van der Waals surface area contributed by atoms with Gasteiger partial charge in [0.2, 0.25) is 0 Å². The van der Waals surface area contributed by atoms with E-state index in [0.29, 0.717) is 6.54 Å². The summed E-state index contributed by atoms with van der Waals surface area (Å²) in [7, 11) is 0. The molecule has 0 spiro atoms. The molecule has 0 amide bonds. The summed E-state index contributed by atoms with van der Waals surface area (Å²) in [6, 6.07) is 6.60. The lowest BCUT2D eigenvalue weighted by Gasteiger charge is -2.17. The molecule has 0 aliphatic carbocycles. The minimum Gasteiger partial charge on any atom is -0.466 e. The molecule has 6 nitrogen and oxygen atoms in total. The normalized spacial score (nSPS) is 12.7. The Morgan fingerprint density at radius 2 is 1.45 bits per heavy atom. The molecule has 166 valence electrons. The van der Waals surface area contributed by atoms with E-state index in [-0.39, 0.29) is 19.6 Å². The Labute approximate surface area is 167 Å². The molecule has 0 bridgehead atoms. The summed E-state index contributed by atoms with van der Waals surface area (Å²) in [5.74, 6) is -1.29. The average Bonchev–Trinajstić information content (AvgIpc) is 2.66. The van der Waals surface area contributed by atoms with Gasteiger partial charge in [-0.1, -0.05) is 30.3 Å². The Kier molecular flexibility index (Phi) is 14.5. The number of nitrogens with two attached hydrogens (primary N) is 1. The first-order valence-corrected chi connectivity index (χ1v) is 9.11. The van der Waals surface area contributed by atoms with Gasteiger partial charge in [0.05, 0.1) is 38.1 Å². The van der Waals surface area contributed by atoms with Crippen molar-refractivity contribution < 1.29 is 36.6 Å². The number of carbonyl (C=O) groups excluding carboxylic acids is 2. The topological polar surface area (TPSA) is 90.7 Å². The zero-order valence-corrected chi connectivity index (χ0v) is 16.5. The van der Waals surface area contributed by atoms with E-state index < -0.39 is 43.3 Å². The monoisotopic (exact) mass is 424 g/mol. The lowest BCUT2D eigenvalue weighted by Crippen LogP contribution is -2.37. The number of hydrogen-bond acceptors (Lipinski definition) is 6. The SMILES string of the molecule is CCOC(=O)CC(N)C(F)F.CCOC(=O)CC(NCc1ccccc1)C(F)F. The highest BCUT2D eigenvalue weighted by Crippen LogP contribution is 2.08. The van der Waals surface area contributed by atoms with Crippen LogP contribution in [0.25, 0.3) is 0 Å². The molecule has 0 heterocycles. The van der Waals surface area contributed by atoms with E-state index in [9.17, 15) is 27.2 Å². The Bertz CT molecular complexity index is 577. The molecule has 1 aromatic rings. The van der Waals surface area contributed by atoms with E-state index in [1.54, 1.807) is 13.8 Å². The first kappa shape index (κ1) is 26.8. The lowest BCUT2D eigenvalue weighted by atomic mass is 10.2. The van der Waals surface area contributed by atoms with E-state index in [4.69, 9.17) is 5.73 Å². The van der Waals surface area contributed by atoms with Gasteiger partial charge < -0.3 is 20.5 Å². The number of nitrogens with one attached hydrogen (secondary N) is 1. The smallest absolute Gasteiger partial charge is 0.307 e. The van der Waals surface area contributed by atoms with Gasteiger partial charge in [-0.05, 0) is 19.4 Å². The van der Waals surface area contributed by atoms with Crippen molar-refractivity contribution in [3.05, 3.63) is 35.9 Å². The number of hydrogen-bond donors (Lipinski definition) is 2. The molecule has 3 N–H and O–H groups in total. The van der Waals surface area contributed by atoms with Gasteiger partial charge in [0.25, 0.3) is 12.9 Å². The van der Waals surface area contributed by atoms with Gasteiger partial charge in [0.1, 0.15) is 0 Å². The van der Waals surface area contributed by atoms with Gasteiger partial charge in [0, 0.05) is 6.54 Å². The molecule has 0 radical (unpaired) electrons. The molecule has 0 aliphatic rings. The Morgan fingerprint density at radius 1 is 0.931 bits per heavy atom. The molecular formula is C19H28F4N2O4. The number of halogens is 4. The number of ether oxygens (including phenoxy) is 2. The first-order chi connectivity index (χ1) is 13.7. The van der Waals surface area contributed by atoms with Crippen LogP contribution in [0.1, 0.15) is 32.3 Å². The predicted octanol–water partition coefficient (Wildman–Crippen LogP) is 2.90. The third-order valence-corrected chi connectivity index (χ3v) is 3.44. The van der Waals surface area contributed by atoms with Crippen LogP contribution in [-0.2, 0) is 25.6 Å². The maximum atomic E-state index is 12.7. The molecule has 1 aromatic carbocycles. The fraction of sp³-hybridized carbons (Fsp3) is 0.579. The van der Waals surface area contributed by atoms with Crippen LogP contribution in [0.5, 0.6) is 0 Å². The third-order valence-electron chi connectivity index (χ3n) is 3.44. The van der Waals surface area contributed by atoms with Crippen LogP contribution in [0.4, 0.5) is 17.6 Å². The van der Waals surface area contributed by atoms with Gasteiger partial charge in [0.15, 0.2) is 0 Å². The van der Waals surface area contributed by atoms with Crippen LogP contribution < -0.4 is 11.1 Å². The fourth-order valence-electron chi connectivity index (χ4n) is 2.00. The second kappa shape index (κ2) is 15.7. The van der Waals surface area contributed by atoms with Crippen molar-refractivity contribution in [2.75, 3.05) is 13.2 Å². The van der Waals surface area contributed by atoms with Crippen molar-refractivity contribution in [1.82, 2.24) is 5.32 Å². The highest BCUT2D eigenvalue weighted by Gasteiger charge is 2.23. The summed E-state index contributed by atoms with van der Waals surface area (Å²) in [5, 5.41) is 2.67. The molecule has 29 heavy (non-hydrogen) atoms. The molecule has 0 saturated carbocycles. The van der Waals surface area contributed by atoms with Crippen molar-refractivity contribution >= 4 is 11.9 Å². The molecule has 2 unspecified atom stereocenters. The van der Waals surface area contributed by atoms with Gasteiger partial charge in [-0.3, -0.25) is 9.59 Å².